The Morgan fingerprint density at radius 3 is 2.33 bits per heavy atom. The average Bonchev–Trinajstić information content (AvgIpc) is 3.40. The minimum Gasteiger partial charge on any atom is -0.354 e. The molecule has 1 aliphatic heterocycles. The molecule has 2 aromatic carbocycles. The van der Waals surface area contributed by atoms with Crippen LogP contribution in [0.5, 0.6) is 0 Å². The van der Waals surface area contributed by atoms with Crippen molar-refractivity contribution in [1.82, 2.24) is 23.7 Å². The minimum absolute atomic E-state index is 0.317. The number of aromatic nitrogens is 3. The molecule has 0 aliphatic carbocycles. The normalized spacial score (nSPS) is 17.1. The molecule has 0 saturated heterocycles. The summed E-state index contributed by atoms with van der Waals surface area (Å²) in [5, 5.41) is 3.29. The van der Waals surface area contributed by atoms with Crippen LogP contribution in [0.25, 0.3) is 27.9 Å². The van der Waals surface area contributed by atoms with Crippen LogP contribution in [0.1, 0.15) is 5.69 Å². The molecule has 4 aromatic rings. The molecule has 1 atom stereocenters. The number of nitrogens with zero attached hydrogens (tertiary/aromatic N) is 3. The fourth-order valence-corrected chi connectivity index (χ4v) is 4.81. The van der Waals surface area contributed by atoms with Crippen LogP contribution in [0.3, 0.4) is 0 Å². The lowest BCUT2D eigenvalue weighted by atomic mass is 10.00. The van der Waals surface area contributed by atoms with Crippen LogP contribution in [0.4, 0.5) is 26.3 Å². The highest BCUT2D eigenvalue weighted by Gasteiger charge is 2.52. The number of benzene rings is 2. The van der Waals surface area contributed by atoms with E-state index in [2.05, 4.69) is 5.16 Å². The van der Waals surface area contributed by atoms with Crippen molar-refractivity contribution in [2.45, 2.75) is 18.5 Å². The standard InChI is InChI=1S/C20H13F6N5O4S/c1-27-36(33,34)29-14-6-30-15(20(14,25)26)7-31(19(30)32)18-17-10(2-8(21)5-13(17)35-28-18)16-11(23)3-9(22)4-12(16)24/h2-5,7,14,27,29H,6H2,1H3/t14-/m1/s1. The van der Waals surface area contributed by atoms with Gasteiger partial charge in [0, 0.05) is 37.0 Å². The fourth-order valence-electron chi connectivity index (χ4n) is 4.09. The number of fused-ring (bicyclic) bond motifs is 2. The average molecular weight is 533 g/mol. The second kappa shape index (κ2) is 7.94. The van der Waals surface area contributed by atoms with Crippen LogP contribution in [0.2, 0.25) is 0 Å². The number of hydrogen-bond acceptors (Lipinski definition) is 5. The van der Waals surface area contributed by atoms with Crippen LogP contribution in [0.15, 0.2) is 39.8 Å². The van der Waals surface area contributed by atoms with Crippen LogP contribution < -0.4 is 15.1 Å². The number of halogens is 6. The van der Waals surface area contributed by atoms with Gasteiger partial charge < -0.3 is 4.52 Å². The van der Waals surface area contributed by atoms with Crippen molar-refractivity contribution in [2.75, 3.05) is 7.05 Å². The lowest BCUT2D eigenvalue weighted by molar-refractivity contribution is -0.0249. The van der Waals surface area contributed by atoms with Crippen molar-refractivity contribution in [3.63, 3.8) is 0 Å². The Bertz CT molecular complexity index is 1690. The van der Waals surface area contributed by atoms with Gasteiger partial charge in [0.25, 0.3) is 10.2 Å². The van der Waals surface area contributed by atoms with Crippen LogP contribution in [0, 0.1) is 23.3 Å². The second-order valence-electron chi connectivity index (χ2n) is 7.86. The molecule has 16 heteroatoms. The third kappa shape index (κ3) is 3.59. The topological polar surface area (TPSA) is 111 Å². The summed E-state index contributed by atoms with van der Waals surface area (Å²) in [4.78, 5) is 13.0. The Balaban J connectivity index is 1.70. The Morgan fingerprint density at radius 2 is 1.72 bits per heavy atom. The van der Waals surface area contributed by atoms with Gasteiger partial charge in [-0.1, -0.05) is 5.16 Å². The Morgan fingerprint density at radius 1 is 1.08 bits per heavy atom. The maximum Gasteiger partial charge on any atom is 0.334 e. The van der Waals surface area contributed by atoms with Gasteiger partial charge in [0.15, 0.2) is 11.4 Å². The lowest BCUT2D eigenvalue weighted by Gasteiger charge is -2.19. The van der Waals surface area contributed by atoms with Gasteiger partial charge in [-0.2, -0.15) is 21.9 Å². The maximum absolute atomic E-state index is 15.0. The molecule has 1 aliphatic rings. The van der Waals surface area contributed by atoms with Gasteiger partial charge in [0.1, 0.15) is 35.0 Å². The summed E-state index contributed by atoms with van der Waals surface area (Å²) in [5.41, 5.74) is -3.75. The summed E-state index contributed by atoms with van der Waals surface area (Å²) in [7, 11) is -3.27. The summed E-state index contributed by atoms with van der Waals surface area (Å²) in [5.74, 6) is -9.40. The quantitative estimate of drug-likeness (QED) is 0.383. The number of imidazole rings is 1. The van der Waals surface area contributed by atoms with Crippen molar-refractivity contribution in [1.29, 1.82) is 0 Å². The molecule has 0 unspecified atom stereocenters. The highest BCUT2D eigenvalue weighted by molar-refractivity contribution is 7.87. The first-order valence-electron chi connectivity index (χ1n) is 9.99. The predicted octanol–water partition coefficient (Wildman–Crippen LogP) is 2.53. The predicted molar refractivity (Wildman–Crippen MR) is 112 cm³/mol. The highest BCUT2D eigenvalue weighted by atomic mass is 32.2. The first-order valence-corrected chi connectivity index (χ1v) is 11.5. The molecular formula is C20H13F6N5O4S. The molecule has 0 amide bonds. The van der Waals surface area contributed by atoms with Crippen LogP contribution in [-0.2, 0) is 22.7 Å². The Kier molecular flexibility index (Phi) is 5.31. The van der Waals surface area contributed by atoms with Gasteiger partial charge >= 0.3 is 11.6 Å². The molecule has 2 N–H and O–H groups in total. The van der Waals surface area contributed by atoms with Crippen molar-refractivity contribution in [3.05, 3.63) is 69.9 Å². The summed E-state index contributed by atoms with van der Waals surface area (Å²) in [6.45, 7) is -0.756. The summed E-state index contributed by atoms with van der Waals surface area (Å²) in [6, 6.07) is 0.200. The number of nitrogens with one attached hydrogen (secondary N) is 2. The Labute approximate surface area is 197 Å². The van der Waals surface area contributed by atoms with E-state index in [0.717, 1.165) is 13.1 Å². The van der Waals surface area contributed by atoms with Gasteiger partial charge in [-0.15, -0.1) is 0 Å². The lowest BCUT2D eigenvalue weighted by Crippen LogP contribution is -2.48. The summed E-state index contributed by atoms with van der Waals surface area (Å²) < 4.78 is 120. The molecule has 3 heterocycles. The van der Waals surface area contributed by atoms with Crippen molar-refractivity contribution < 1.29 is 39.3 Å². The molecule has 0 radical (unpaired) electrons. The smallest absolute Gasteiger partial charge is 0.334 e. The number of alkyl halides is 2. The molecule has 5 rings (SSSR count). The van der Waals surface area contributed by atoms with E-state index >= 15 is 8.78 Å². The first kappa shape index (κ1) is 24.1. The van der Waals surface area contributed by atoms with Gasteiger partial charge in [-0.3, -0.25) is 4.57 Å². The van der Waals surface area contributed by atoms with E-state index in [9.17, 15) is 30.8 Å². The zero-order valence-electron chi connectivity index (χ0n) is 17.8. The zero-order chi connectivity index (χ0) is 26.2. The maximum atomic E-state index is 15.0. The number of hydrogen-bond donors (Lipinski definition) is 2. The molecule has 0 bridgehead atoms. The monoisotopic (exact) mass is 533 g/mol. The number of rotatable bonds is 5. The molecule has 2 aromatic heterocycles. The van der Waals surface area contributed by atoms with Crippen LogP contribution >= 0.6 is 0 Å². The van der Waals surface area contributed by atoms with Crippen molar-refractivity contribution in [3.8, 4) is 16.9 Å². The van der Waals surface area contributed by atoms with Crippen LogP contribution in [-0.4, -0.2) is 35.8 Å². The van der Waals surface area contributed by atoms with E-state index in [0.29, 0.717) is 33.5 Å². The summed E-state index contributed by atoms with van der Waals surface area (Å²) >= 11 is 0. The molecule has 36 heavy (non-hydrogen) atoms. The van der Waals surface area contributed by atoms with Crippen molar-refractivity contribution >= 4 is 21.2 Å². The molecule has 190 valence electrons. The molecule has 0 spiro atoms. The molecule has 0 fully saturated rings. The Hall–Kier alpha value is -3.63. The zero-order valence-corrected chi connectivity index (χ0v) is 18.6. The van der Waals surface area contributed by atoms with Gasteiger partial charge in [0.2, 0.25) is 0 Å². The first-order chi connectivity index (χ1) is 16.8. The largest absolute Gasteiger partial charge is 0.354 e. The SMILES string of the molecule is CNS(=O)(=O)N[C@@H]1Cn2c(cn(-c3noc4cc(F)cc(-c5c(F)cc(F)cc5F)c34)c2=O)C1(F)F. The van der Waals surface area contributed by atoms with Gasteiger partial charge in [-0.25, -0.2) is 31.6 Å². The van der Waals surface area contributed by atoms with E-state index < -0.39 is 80.3 Å². The van der Waals surface area contributed by atoms with E-state index in [1.54, 1.807) is 4.72 Å². The minimum atomic E-state index is -4.28. The van der Waals surface area contributed by atoms with E-state index in [4.69, 9.17) is 4.52 Å². The third-order valence-electron chi connectivity index (χ3n) is 5.72. The molecule has 0 saturated carbocycles. The molecular weight excluding hydrogens is 520 g/mol. The van der Waals surface area contributed by atoms with E-state index in [1.807, 2.05) is 4.72 Å². The molecule has 9 nitrogen and oxygen atoms in total. The van der Waals surface area contributed by atoms with E-state index in [1.165, 1.54) is 0 Å². The van der Waals surface area contributed by atoms with E-state index in [-0.39, 0.29) is 11.0 Å². The second-order valence-corrected chi connectivity index (χ2v) is 9.51. The summed E-state index contributed by atoms with van der Waals surface area (Å²) in [6.07, 6.45) is 0.664. The fraction of sp³-hybridized carbons (Fsp3) is 0.200. The highest BCUT2D eigenvalue weighted by Crippen LogP contribution is 2.40. The van der Waals surface area contributed by atoms with Gasteiger partial charge in [-0.05, 0) is 6.07 Å². The van der Waals surface area contributed by atoms with Crippen molar-refractivity contribution in [2.24, 2.45) is 0 Å². The third-order valence-corrected chi connectivity index (χ3v) is 6.85. The van der Waals surface area contributed by atoms with Gasteiger partial charge in [0.05, 0.1) is 17.5 Å².